The van der Waals surface area contributed by atoms with Crippen LogP contribution in [-0.2, 0) is 0 Å². The molecule has 8 nitrogen and oxygen atoms in total. The Balaban J connectivity index is 0.935. The molecule has 12 aromatic carbocycles. The van der Waals surface area contributed by atoms with Gasteiger partial charge in [-0.2, -0.15) is 5.26 Å². The normalized spacial score (nSPS) is 11.8. The van der Waals surface area contributed by atoms with Crippen molar-refractivity contribution in [1.29, 1.82) is 5.26 Å². The predicted octanol–water partition coefficient (Wildman–Crippen LogP) is 18.8. The molecule has 0 aliphatic heterocycles. The molecule has 0 unspecified atom stereocenters. The summed E-state index contributed by atoms with van der Waals surface area (Å²) in [7, 11) is 0. The van der Waals surface area contributed by atoms with Crippen molar-refractivity contribution in [2.24, 2.45) is 0 Å². The van der Waals surface area contributed by atoms with Gasteiger partial charge in [-0.15, -0.1) is 0 Å². The van der Waals surface area contributed by atoms with Gasteiger partial charge >= 0.3 is 0 Å². The first-order valence-electron chi connectivity index (χ1n) is 28.2. The monoisotopic (exact) mass is 1070 g/mol. The van der Waals surface area contributed by atoms with Crippen molar-refractivity contribution in [1.82, 2.24) is 33.2 Å². The predicted molar refractivity (Wildman–Crippen MR) is 344 cm³/mol. The van der Waals surface area contributed by atoms with Crippen LogP contribution in [0.25, 0.3) is 155 Å². The number of para-hydroxylation sites is 6. The molecule has 84 heavy (non-hydrogen) atoms. The molecule has 17 aromatic rings. The molecule has 0 fully saturated rings. The van der Waals surface area contributed by atoms with Crippen LogP contribution in [-0.4, -0.2) is 33.2 Å². The van der Waals surface area contributed by atoms with Gasteiger partial charge in [0.15, 0.2) is 17.5 Å². The lowest BCUT2D eigenvalue weighted by atomic mass is 9.97. The highest BCUT2D eigenvalue weighted by Crippen LogP contribution is 2.45. The quantitative estimate of drug-likeness (QED) is 0.152. The van der Waals surface area contributed by atoms with Crippen LogP contribution in [0.2, 0.25) is 0 Å². The molecule has 5 aromatic heterocycles. The molecular formula is C76H46N8. The van der Waals surface area contributed by atoms with Gasteiger partial charge in [0.2, 0.25) is 0 Å². The van der Waals surface area contributed by atoms with Crippen molar-refractivity contribution in [3.63, 3.8) is 0 Å². The topological polar surface area (TPSA) is 82.2 Å². The molecule has 0 radical (unpaired) electrons. The Morgan fingerprint density at radius 1 is 0.250 bits per heavy atom. The first-order chi connectivity index (χ1) is 41.6. The fraction of sp³-hybridized carbons (Fsp3) is 0. The lowest BCUT2D eigenvalue weighted by Gasteiger charge is -2.20. The van der Waals surface area contributed by atoms with E-state index in [0.29, 0.717) is 23.0 Å². The summed E-state index contributed by atoms with van der Waals surface area (Å²) >= 11 is 0. The zero-order valence-electron chi connectivity index (χ0n) is 45.1. The van der Waals surface area contributed by atoms with E-state index in [9.17, 15) is 5.26 Å². The maximum atomic E-state index is 10.9. The molecule has 0 saturated heterocycles. The second-order valence-electron chi connectivity index (χ2n) is 21.5. The van der Waals surface area contributed by atoms with E-state index in [2.05, 4.69) is 237 Å². The average molecular weight is 1070 g/mol. The van der Waals surface area contributed by atoms with Crippen molar-refractivity contribution in [2.75, 3.05) is 0 Å². The van der Waals surface area contributed by atoms with Crippen molar-refractivity contribution in [2.45, 2.75) is 0 Å². The SMILES string of the molecule is N#Cc1ccc(-n2c3ccccc3c3cc(-n4c5ccccc5c5ccccc54)ccc32)c(-c2ccc(-c3nc(-c4ccccc4)nc(-c4ccccc4)n3)cc2-n2c3ccccc3c3cc(-n4c5ccccc5c5ccccc54)ccc32)c1. The summed E-state index contributed by atoms with van der Waals surface area (Å²) in [5, 5.41) is 20.2. The molecule has 0 aliphatic rings. The summed E-state index contributed by atoms with van der Waals surface area (Å²) in [5.74, 6) is 1.70. The molecule has 0 bridgehead atoms. The van der Waals surface area contributed by atoms with Gasteiger partial charge in [0.25, 0.3) is 0 Å². The molecule has 0 atom stereocenters. The first-order valence-corrected chi connectivity index (χ1v) is 28.2. The second kappa shape index (κ2) is 18.7. The number of hydrogen-bond acceptors (Lipinski definition) is 4. The lowest BCUT2D eigenvalue weighted by molar-refractivity contribution is 1.07. The van der Waals surface area contributed by atoms with Crippen LogP contribution in [0.1, 0.15) is 5.56 Å². The maximum Gasteiger partial charge on any atom is 0.164 e. The molecule has 0 N–H and O–H groups in total. The summed E-state index contributed by atoms with van der Waals surface area (Å²) in [6.07, 6.45) is 0. The van der Waals surface area contributed by atoms with Crippen LogP contribution in [0, 0.1) is 11.3 Å². The second-order valence-corrected chi connectivity index (χ2v) is 21.5. The van der Waals surface area contributed by atoms with Gasteiger partial charge in [0, 0.05) is 82.3 Å². The Labute approximate surface area is 481 Å². The first kappa shape index (κ1) is 47.2. The summed E-state index contributed by atoms with van der Waals surface area (Å²) < 4.78 is 9.54. The number of rotatable bonds is 8. The van der Waals surface area contributed by atoms with E-state index in [1.54, 1.807) is 0 Å². The molecule has 5 heterocycles. The fourth-order valence-corrected chi connectivity index (χ4v) is 13.2. The van der Waals surface area contributed by atoms with Crippen LogP contribution in [0.3, 0.4) is 0 Å². The van der Waals surface area contributed by atoms with Crippen molar-refractivity contribution in [3.05, 3.63) is 285 Å². The number of fused-ring (bicyclic) bond motifs is 12. The maximum absolute atomic E-state index is 10.9. The van der Waals surface area contributed by atoms with E-state index in [1.807, 2.05) is 66.7 Å². The Kier molecular flexibility index (Phi) is 10.5. The van der Waals surface area contributed by atoms with Crippen LogP contribution >= 0.6 is 0 Å². The third-order valence-electron chi connectivity index (χ3n) is 16.8. The highest BCUT2D eigenvalue weighted by Gasteiger charge is 2.25. The number of nitriles is 1. The number of benzene rings is 12. The zero-order valence-corrected chi connectivity index (χ0v) is 45.1. The Morgan fingerprint density at radius 2 is 0.607 bits per heavy atom. The van der Waals surface area contributed by atoms with E-state index >= 15 is 0 Å². The van der Waals surface area contributed by atoms with Crippen LogP contribution in [0.5, 0.6) is 0 Å². The molecule has 0 saturated carbocycles. The van der Waals surface area contributed by atoms with Crippen molar-refractivity contribution in [3.8, 4) is 74.1 Å². The summed E-state index contributed by atoms with van der Waals surface area (Å²) in [6, 6.07) is 101. The molecule has 0 amide bonds. The molecule has 0 aliphatic carbocycles. The summed E-state index contributed by atoms with van der Waals surface area (Å²) in [5.41, 5.74) is 17.7. The minimum absolute atomic E-state index is 0.539. The molecule has 390 valence electrons. The number of nitrogens with zero attached hydrogens (tertiary/aromatic N) is 8. The smallest absolute Gasteiger partial charge is 0.164 e. The Bertz CT molecular complexity index is 5420. The molecular weight excluding hydrogens is 1020 g/mol. The van der Waals surface area contributed by atoms with E-state index in [0.717, 1.165) is 116 Å². The van der Waals surface area contributed by atoms with Gasteiger partial charge < -0.3 is 18.3 Å². The molecule has 8 heteroatoms. The van der Waals surface area contributed by atoms with Gasteiger partial charge in [0.1, 0.15) is 0 Å². The minimum atomic E-state index is 0.539. The van der Waals surface area contributed by atoms with Gasteiger partial charge in [-0.3, -0.25) is 0 Å². The van der Waals surface area contributed by atoms with E-state index in [-0.39, 0.29) is 0 Å². The Hall–Kier alpha value is -11.7. The average Bonchev–Trinajstić information content (AvgIpc) is 2.46. The van der Waals surface area contributed by atoms with Gasteiger partial charge in [0.05, 0.1) is 67.1 Å². The molecule has 17 rings (SSSR count). The summed E-state index contributed by atoms with van der Waals surface area (Å²) in [6.45, 7) is 0. The third-order valence-corrected chi connectivity index (χ3v) is 16.8. The van der Waals surface area contributed by atoms with E-state index in [1.165, 1.54) is 21.5 Å². The lowest BCUT2D eigenvalue weighted by Crippen LogP contribution is -2.04. The standard InChI is InChI=1S/C76H46N8/c77-47-48-35-40-70(83-68-33-17-11-27-58(68)62-45-52(37-41-71(62)83)81-64-29-13-7-23-54(64)55-24-8-14-30-65(55)81)61(43-48)60-39-36-51(76-79-74(49-19-3-1-4-20-49)78-75(80-76)50-21-5-2-6-22-50)44-73(60)84-69-34-18-12-28-59(69)63-46-53(38-42-72(63)84)82-66-31-15-9-25-56(66)57-26-10-16-32-67(57)82/h1-46H. The zero-order chi connectivity index (χ0) is 55.4. The van der Waals surface area contributed by atoms with Crippen molar-refractivity contribution < 1.29 is 0 Å². The fourth-order valence-electron chi connectivity index (χ4n) is 13.2. The third kappa shape index (κ3) is 7.23. The Morgan fingerprint density at radius 3 is 1.04 bits per heavy atom. The van der Waals surface area contributed by atoms with Gasteiger partial charge in [-0.05, 0) is 97.1 Å². The van der Waals surface area contributed by atoms with Crippen LogP contribution in [0.4, 0.5) is 0 Å². The largest absolute Gasteiger partial charge is 0.309 e. The summed E-state index contributed by atoms with van der Waals surface area (Å²) in [4.78, 5) is 15.6. The number of aromatic nitrogens is 7. The van der Waals surface area contributed by atoms with Gasteiger partial charge in [-0.1, -0.05) is 182 Å². The van der Waals surface area contributed by atoms with E-state index < -0.39 is 0 Å². The van der Waals surface area contributed by atoms with Crippen LogP contribution < -0.4 is 0 Å². The van der Waals surface area contributed by atoms with Crippen LogP contribution in [0.15, 0.2) is 279 Å². The minimum Gasteiger partial charge on any atom is -0.309 e. The van der Waals surface area contributed by atoms with Crippen molar-refractivity contribution >= 4 is 87.2 Å². The highest BCUT2D eigenvalue weighted by molar-refractivity contribution is 6.15. The molecule has 0 spiro atoms. The number of hydrogen-bond donors (Lipinski definition) is 0. The van der Waals surface area contributed by atoms with E-state index in [4.69, 9.17) is 15.0 Å². The van der Waals surface area contributed by atoms with Gasteiger partial charge in [-0.25, -0.2) is 15.0 Å². The highest BCUT2D eigenvalue weighted by atomic mass is 15.0.